The molecule has 1 aliphatic rings. The lowest BCUT2D eigenvalue weighted by atomic mass is 10.1. The fraction of sp³-hybridized carbons (Fsp3) is 0.368. The molecule has 1 aliphatic heterocycles. The van der Waals surface area contributed by atoms with Gasteiger partial charge in [0.25, 0.3) is 0 Å². The number of carboxylic acids is 1. The van der Waals surface area contributed by atoms with E-state index in [0.717, 1.165) is 35.2 Å². The highest BCUT2D eigenvalue weighted by molar-refractivity contribution is 7.17. The summed E-state index contributed by atoms with van der Waals surface area (Å²) < 4.78 is 39.3. The molecular formula is C19H19ClF3N5O3S. The summed E-state index contributed by atoms with van der Waals surface area (Å²) in [5, 5.41) is 25.7. The molecule has 8 nitrogen and oxygen atoms in total. The van der Waals surface area contributed by atoms with Gasteiger partial charge in [-0.3, -0.25) is 0 Å². The first-order valence-electron chi connectivity index (χ1n) is 9.43. The average Bonchev–Trinajstić information content (AvgIpc) is 3.36. The van der Waals surface area contributed by atoms with Gasteiger partial charge in [-0.25, -0.2) is 9.48 Å². The molecule has 1 aromatic carbocycles. The molecule has 0 spiro atoms. The van der Waals surface area contributed by atoms with Gasteiger partial charge in [0.1, 0.15) is 10.8 Å². The summed E-state index contributed by atoms with van der Waals surface area (Å²) in [5.74, 6) is -2.08. The van der Waals surface area contributed by atoms with Crippen LogP contribution in [0.5, 0.6) is 5.75 Å². The van der Waals surface area contributed by atoms with Crippen LogP contribution in [-0.4, -0.2) is 49.9 Å². The van der Waals surface area contributed by atoms with E-state index in [9.17, 15) is 13.2 Å². The van der Waals surface area contributed by atoms with Crippen LogP contribution in [0.25, 0.3) is 15.7 Å². The predicted octanol–water partition coefficient (Wildman–Crippen LogP) is 4.11. The zero-order valence-electron chi connectivity index (χ0n) is 17.0. The molecule has 172 valence electrons. The van der Waals surface area contributed by atoms with Gasteiger partial charge in [0, 0.05) is 30.6 Å². The molecule has 0 unspecified atom stereocenters. The highest BCUT2D eigenvalue weighted by Gasteiger charge is 2.38. The molecule has 32 heavy (non-hydrogen) atoms. The minimum Gasteiger partial charge on any atom is -0.489 e. The lowest BCUT2D eigenvalue weighted by Gasteiger charge is -2.13. The van der Waals surface area contributed by atoms with E-state index in [1.807, 2.05) is 42.9 Å². The summed E-state index contributed by atoms with van der Waals surface area (Å²) in [7, 11) is 0. The lowest BCUT2D eigenvalue weighted by molar-refractivity contribution is -0.192. The number of rotatable bonds is 4. The van der Waals surface area contributed by atoms with Crippen molar-refractivity contribution in [2.45, 2.75) is 39.1 Å². The van der Waals surface area contributed by atoms with Crippen LogP contribution in [-0.2, 0) is 17.8 Å². The lowest BCUT2D eigenvalue weighted by Crippen LogP contribution is -2.24. The highest BCUT2D eigenvalue weighted by atomic mass is 35.5. The number of nitrogens with one attached hydrogen (secondary N) is 1. The number of benzene rings is 1. The van der Waals surface area contributed by atoms with E-state index in [4.69, 9.17) is 26.2 Å². The second-order valence-electron chi connectivity index (χ2n) is 6.96. The number of alkyl halides is 3. The molecule has 3 aromatic rings. The van der Waals surface area contributed by atoms with E-state index in [2.05, 4.69) is 20.6 Å². The first-order valence-corrected chi connectivity index (χ1v) is 10.6. The van der Waals surface area contributed by atoms with Gasteiger partial charge in [-0.05, 0) is 32.0 Å². The minimum absolute atomic E-state index is 0.0805. The van der Waals surface area contributed by atoms with Crippen LogP contribution in [0, 0.1) is 0 Å². The zero-order chi connectivity index (χ0) is 23.5. The number of aromatic nitrogens is 4. The van der Waals surface area contributed by atoms with Crippen molar-refractivity contribution < 1.29 is 27.8 Å². The number of hydrogen-bond acceptors (Lipinski definition) is 7. The third kappa shape index (κ3) is 5.75. The molecule has 2 N–H and O–H groups in total. The summed E-state index contributed by atoms with van der Waals surface area (Å²) >= 11 is 7.83. The summed E-state index contributed by atoms with van der Waals surface area (Å²) in [6.07, 6.45) is -2.16. The summed E-state index contributed by atoms with van der Waals surface area (Å²) in [5.41, 5.74) is 3.36. The van der Waals surface area contributed by atoms with Crippen LogP contribution >= 0.6 is 22.9 Å². The molecule has 4 rings (SSSR count). The Morgan fingerprint density at radius 1 is 1.34 bits per heavy atom. The Morgan fingerprint density at radius 2 is 2.06 bits per heavy atom. The summed E-state index contributed by atoms with van der Waals surface area (Å²) in [4.78, 5) is 8.90. The maximum atomic E-state index is 10.6. The molecule has 0 bridgehead atoms. The molecule has 13 heteroatoms. The van der Waals surface area contributed by atoms with Crippen molar-refractivity contribution in [3.8, 4) is 21.5 Å². The van der Waals surface area contributed by atoms with Crippen molar-refractivity contribution in [1.82, 2.24) is 25.3 Å². The quantitative estimate of drug-likeness (QED) is 0.568. The number of hydrogen-bond donors (Lipinski definition) is 2. The number of carbonyl (C=O) groups is 1. The highest BCUT2D eigenvalue weighted by Crippen LogP contribution is 2.33. The van der Waals surface area contributed by atoms with E-state index in [1.54, 1.807) is 0 Å². The molecule has 0 atom stereocenters. The topological polar surface area (TPSA) is 102 Å². The van der Waals surface area contributed by atoms with Crippen molar-refractivity contribution >= 4 is 28.9 Å². The van der Waals surface area contributed by atoms with Crippen molar-refractivity contribution in [2.75, 3.05) is 6.54 Å². The van der Waals surface area contributed by atoms with Gasteiger partial charge in [0.05, 0.1) is 23.0 Å². The van der Waals surface area contributed by atoms with Crippen LogP contribution in [0.1, 0.15) is 25.1 Å². The van der Waals surface area contributed by atoms with Crippen molar-refractivity contribution in [3.05, 3.63) is 40.7 Å². The van der Waals surface area contributed by atoms with E-state index in [-0.39, 0.29) is 6.10 Å². The first kappa shape index (κ1) is 24.0. The van der Waals surface area contributed by atoms with Gasteiger partial charge >= 0.3 is 12.1 Å². The van der Waals surface area contributed by atoms with E-state index < -0.39 is 12.1 Å². The van der Waals surface area contributed by atoms with Gasteiger partial charge in [0.15, 0.2) is 0 Å². The summed E-state index contributed by atoms with van der Waals surface area (Å²) in [6, 6.07) is 5.70. The van der Waals surface area contributed by atoms with E-state index >= 15 is 0 Å². The second-order valence-corrected chi connectivity index (χ2v) is 8.32. The molecule has 0 radical (unpaired) electrons. The van der Waals surface area contributed by atoms with Crippen LogP contribution < -0.4 is 10.1 Å². The summed E-state index contributed by atoms with van der Waals surface area (Å²) in [6.45, 7) is 5.76. The number of ether oxygens (including phenoxy) is 1. The minimum atomic E-state index is -5.08. The van der Waals surface area contributed by atoms with Gasteiger partial charge in [-0.15, -0.1) is 10.2 Å². The molecule has 0 fully saturated rings. The van der Waals surface area contributed by atoms with Gasteiger partial charge in [-0.2, -0.15) is 18.3 Å². The molecular weight excluding hydrogens is 471 g/mol. The number of carboxylic acid groups (broad SMARTS) is 1. The molecule has 0 saturated carbocycles. The van der Waals surface area contributed by atoms with Gasteiger partial charge in [0.2, 0.25) is 5.13 Å². The number of halogens is 4. The fourth-order valence-electron chi connectivity index (χ4n) is 2.82. The van der Waals surface area contributed by atoms with Gasteiger partial charge < -0.3 is 15.2 Å². The number of nitrogens with zero attached hydrogens (tertiary/aromatic N) is 4. The van der Waals surface area contributed by atoms with E-state index in [0.29, 0.717) is 10.8 Å². The van der Waals surface area contributed by atoms with Crippen molar-refractivity contribution in [3.63, 3.8) is 0 Å². The standard InChI is InChI=1S/C17H18ClN5OS.C2HF3O2/c1-10(2)24-15-4-3-11(7-13(15)18)16-21-22-17(25-16)23-14-5-6-19-8-12(14)9-20-23;3-2(4,5)1(6)7/h3-4,7,9-10,19H,5-6,8H2,1-2H3;(H,6,7). The average molecular weight is 490 g/mol. The first-order chi connectivity index (χ1) is 15.1. The molecule has 2 aromatic heterocycles. The van der Waals surface area contributed by atoms with Crippen molar-refractivity contribution in [1.29, 1.82) is 0 Å². The SMILES string of the molecule is CC(C)Oc1ccc(-c2nnc(-n3ncc4c3CCNC4)s2)cc1Cl.O=C(O)C(F)(F)F. The molecule has 0 amide bonds. The van der Waals surface area contributed by atoms with Gasteiger partial charge in [-0.1, -0.05) is 22.9 Å². The fourth-order valence-corrected chi connectivity index (χ4v) is 3.87. The monoisotopic (exact) mass is 489 g/mol. The smallest absolute Gasteiger partial charge is 0.489 e. The Balaban J connectivity index is 0.000000360. The number of aliphatic carboxylic acids is 1. The molecule has 0 aliphatic carbocycles. The Bertz CT molecular complexity index is 1100. The zero-order valence-corrected chi connectivity index (χ0v) is 18.6. The Hall–Kier alpha value is -2.70. The van der Waals surface area contributed by atoms with Crippen LogP contribution in [0.4, 0.5) is 13.2 Å². The van der Waals surface area contributed by atoms with Crippen LogP contribution in [0.2, 0.25) is 5.02 Å². The molecule has 0 saturated heterocycles. The third-order valence-corrected chi connectivity index (χ3v) is 5.43. The van der Waals surface area contributed by atoms with E-state index in [1.165, 1.54) is 22.6 Å². The Kier molecular flexibility index (Phi) is 7.36. The second kappa shape index (κ2) is 9.84. The largest absolute Gasteiger partial charge is 0.490 e. The maximum Gasteiger partial charge on any atom is 0.490 e. The maximum absolute atomic E-state index is 10.6. The van der Waals surface area contributed by atoms with Crippen molar-refractivity contribution in [2.24, 2.45) is 0 Å². The van der Waals surface area contributed by atoms with Crippen LogP contribution in [0.3, 0.4) is 0 Å². The predicted molar refractivity (Wildman–Crippen MR) is 112 cm³/mol. The number of fused-ring (bicyclic) bond motifs is 1. The van der Waals surface area contributed by atoms with Crippen LogP contribution in [0.15, 0.2) is 24.4 Å². The Morgan fingerprint density at radius 3 is 2.69 bits per heavy atom. The normalized spacial score (nSPS) is 13.3. The molecule has 3 heterocycles. The Labute approximate surface area is 190 Å². The third-order valence-electron chi connectivity index (χ3n) is 4.19.